The first-order chi connectivity index (χ1) is 9.54. The molecule has 0 aliphatic heterocycles. The number of hydrogen-bond acceptors (Lipinski definition) is 3. The van der Waals surface area contributed by atoms with Gasteiger partial charge in [-0.3, -0.25) is 4.79 Å². The molecule has 5 heteroatoms. The van der Waals surface area contributed by atoms with E-state index in [1.807, 2.05) is 12.1 Å². The summed E-state index contributed by atoms with van der Waals surface area (Å²) in [6.07, 6.45) is 4.13. The molecule has 1 saturated carbocycles. The molecular weight excluding hydrogens is 274 g/mol. The van der Waals surface area contributed by atoms with Gasteiger partial charge in [-0.25, -0.2) is 0 Å². The molecule has 1 amide bonds. The second-order valence-electron chi connectivity index (χ2n) is 5.35. The molecule has 0 spiro atoms. The number of halogens is 1. The van der Waals surface area contributed by atoms with Gasteiger partial charge in [-0.05, 0) is 44.7 Å². The minimum Gasteiger partial charge on any atom is -0.368 e. The number of carbonyl (C=O) groups is 1. The number of carbonyl (C=O) groups excluding carboxylic acids is 1. The van der Waals surface area contributed by atoms with Gasteiger partial charge in [0.2, 0.25) is 0 Å². The van der Waals surface area contributed by atoms with Gasteiger partial charge in [-0.2, -0.15) is 0 Å². The molecule has 1 fully saturated rings. The van der Waals surface area contributed by atoms with Crippen LogP contribution in [0.25, 0.3) is 0 Å². The normalized spacial score (nSPS) is 22.6. The summed E-state index contributed by atoms with van der Waals surface area (Å²) < 4.78 is 0. The summed E-state index contributed by atoms with van der Waals surface area (Å²) in [6.45, 7) is 2.90. The molecule has 1 aliphatic carbocycles. The molecule has 0 heterocycles. The molecule has 110 valence electrons. The Labute approximate surface area is 125 Å². The Morgan fingerprint density at radius 3 is 2.55 bits per heavy atom. The largest absolute Gasteiger partial charge is 0.368 e. The molecule has 0 atom stereocenters. The summed E-state index contributed by atoms with van der Waals surface area (Å²) in [5.74, 6) is -0.475. The molecule has 1 aliphatic rings. The lowest BCUT2D eigenvalue weighted by atomic mass is 9.90. The van der Waals surface area contributed by atoms with Gasteiger partial charge in [-0.15, -0.1) is 0 Å². The van der Waals surface area contributed by atoms with Crippen LogP contribution >= 0.6 is 11.6 Å². The molecule has 0 unspecified atom stereocenters. The third-order valence-electron chi connectivity index (χ3n) is 4.07. The van der Waals surface area contributed by atoms with Gasteiger partial charge in [0.25, 0.3) is 5.91 Å². The Kier molecular flexibility index (Phi) is 4.89. The number of amides is 1. The third-order valence-corrected chi connectivity index (χ3v) is 4.39. The van der Waals surface area contributed by atoms with Crippen molar-refractivity contribution in [3.63, 3.8) is 0 Å². The minimum atomic E-state index is -0.475. The second kappa shape index (κ2) is 6.46. The van der Waals surface area contributed by atoms with E-state index in [1.165, 1.54) is 0 Å². The Balaban J connectivity index is 2.32. The predicted molar refractivity (Wildman–Crippen MR) is 83.2 cm³/mol. The predicted octanol–water partition coefficient (Wildman–Crippen LogP) is 2.54. The highest BCUT2D eigenvalue weighted by Gasteiger charge is 2.26. The molecule has 1 aromatic rings. The van der Waals surface area contributed by atoms with Crippen molar-refractivity contribution in [2.75, 3.05) is 11.4 Å². The van der Waals surface area contributed by atoms with Gasteiger partial charge in [0.1, 0.15) is 0 Å². The number of benzene rings is 1. The lowest BCUT2D eigenvalue weighted by Crippen LogP contribution is -2.41. The molecule has 4 nitrogen and oxygen atoms in total. The standard InChI is InChI=1S/C15H22ClN3O/c1-2-19(11-8-6-10(17)7-9-11)13-5-3-4-12(16)14(13)15(18)20/h3-5,10-11H,2,6-9,17H2,1H3,(H2,18,20). The van der Waals surface area contributed by atoms with Crippen LogP contribution in [-0.2, 0) is 0 Å². The van der Waals surface area contributed by atoms with Gasteiger partial charge in [0, 0.05) is 18.6 Å². The molecule has 1 aromatic carbocycles. The highest BCUT2D eigenvalue weighted by molar-refractivity contribution is 6.34. The number of nitrogens with two attached hydrogens (primary N) is 2. The number of anilines is 1. The van der Waals surface area contributed by atoms with E-state index in [0.717, 1.165) is 37.9 Å². The van der Waals surface area contributed by atoms with Crippen molar-refractivity contribution < 1.29 is 4.79 Å². The first-order valence-electron chi connectivity index (χ1n) is 7.15. The van der Waals surface area contributed by atoms with Crippen LogP contribution < -0.4 is 16.4 Å². The van der Waals surface area contributed by atoms with E-state index >= 15 is 0 Å². The van der Waals surface area contributed by atoms with Crippen molar-refractivity contribution in [3.05, 3.63) is 28.8 Å². The molecule has 20 heavy (non-hydrogen) atoms. The minimum absolute atomic E-state index is 0.305. The Morgan fingerprint density at radius 1 is 1.35 bits per heavy atom. The maximum Gasteiger partial charge on any atom is 0.252 e. The fraction of sp³-hybridized carbons (Fsp3) is 0.533. The SMILES string of the molecule is CCN(c1cccc(Cl)c1C(N)=O)C1CCC(N)CC1. The van der Waals surface area contributed by atoms with E-state index < -0.39 is 5.91 Å². The average molecular weight is 296 g/mol. The van der Waals surface area contributed by atoms with Gasteiger partial charge < -0.3 is 16.4 Å². The quantitative estimate of drug-likeness (QED) is 0.896. The van der Waals surface area contributed by atoms with Crippen molar-refractivity contribution in [2.45, 2.75) is 44.7 Å². The monoisotopic (exact) mass is 295 g/mol. The highest BCUT2D eigenvalue weighted by Crippen LogP contribution is 2.32. The van der Waals surface area contributed by atoms with Crippen LogP contribution in [-0.4, -0.2) is 24.5 Å². The van der Waals surface area contributed by atoms with Crippen molar-refractivity contribution in [1.29, 1.82) is 0 Å². The first-order valence-corrected chi connectivity index (χ1v) is 7.53. The lowest BCUT2D eigenvalue weighted by Gasteiger charge is -2.37. The molecule has 0 bridgehead atoms. The molecule has 4 N–H and O–H groups in total. The molecule has 0 radical (unpaired) electrons. The summed E-state index contributed by atoms with van der Waals surface area (Å²) >= 11 is 6.14. The summed E-state index contributed by atoms with van der Waals surface area (Å²) in [5.41, 5.74) is 12.7. The van der Waals surface area contributed by atoms with Crippen molar-refractivity contribution in [3.8, 4) is 0 Å². The van der Waals surface area contributed by atoms with E-state index in [4.69, 9.17) is 23.1 Å². The van der Waals surface area contributed by atoms with Gasteiger partial charge in [-0.1, -0.05) is 17.7 Å². The lowest BCUT2D eigenvalue weighted by molar-refractivity contribution is 0.100. The van der Waals surface area contributed by atoms with Gasteiger partial charge in [0.15, 0.2) is 0 Å². The van der Waals surface area contributed by atoms with Crippen molar-refractivity contribution in [2.24, 2.45) is 11.5 Å². The van der Waals surface area contributed by atoms with E-state index in [9.17, 15) is 4.79 Å². The average Bonchev–Trinajstić information content (AvgIpc) is 2.41. The van der Waals surface area contributed by atoms with E-state index in [2.05, 4.69) is 11.8 Å². The number of hydrogen-bond donors (Lipinski definition) is 2. The number of rotatable bonds is 4. The number of nitrogens with zero attached hydrogens (tertiary/aromatic N) is 1. The summed E-state index contributed by atoms with van der Waals surface area (Å²) in [6, 6.07) is 6.19. The van der Waals surface area contributed by atoms with E-state index in [1.54, 1.807) is 6.07 Å². The van der Waals surface area contributed by atoms with Gasteiger partial charge >= 0.3 is 0 Å². The van der Waals surface area contributed by atoms with E-state index in [0.29, 0.717) is 22.7 Å². The van der Waals surface area contributed by atoms with Crippen LogP contribution in [0.3, 0.4) is 0 Å². The Morgan fingerprint density at radius 2 is 2.00 bits per heavy atom. The summed E-state index contributed by atoms with van der Waals surface area (Å²) in [7, 11) is 0. The van der Waals surface area contributed by atoms with Crippen LogP contribution in [0.5, 0.6) is 0 Å². The van der Waals surface area contributed by atoms with Crippen molar-refractivity contribution in [1.82, 2.24) is 0 Å². The molecule has 0 aromatic heterocycles. The maximum atomic E-state index is 11.7. The maximum absolute atomic E-state index is 11.7. The van der Waals surface area contributed by atoms with Gasteiger partial charge in [0.05, 0.1) is 16.3 Å². The first kappa shape index (κ1) is 15.1. The molecular formula is C15H22ClN3O. The van der Waals surface area contributed by atoms with Crippen LogP contribution in [0.2, 0.25) is 5.02 Å². The second-order valence-corrected chi connectivity index (χ2v) is 5.76. The Hall–Kier alpha value is -1.26. The van der Waals surface area contributed by atoms with Crippen LogP contribution in [0.1, 0.15) is 43.0 Å². The Bertz CT molecular complexity index is 484. The zero-order valence-electron chi connectivity index (χ0n) is 11.8. The van der Waals surface area contributed by atoms with Crippen molar-refractivity contribution >= 4 is 23.2 Å². The smallest absolute Gasteiger partial charge is 0.252 e. The molecule has 2 rings (SSSR count). The van der Waals surface area contributed by atoms with E-state index in [-0.39, 0.29) is 0 Å². The molecule has 0 saturated heterocycles. The fourth-order valence-electron chi connectivity index (χ4n) is 3.03. The third kappa shape index (κ3) is 3.07. The zero-order valence-corrected chi connectivity index (χ0v) is 12.6. The highest BCUT2D eigenvalue weighted by atomic mass is 35.5. The van der Waals surface area contributed by atoms with Crippen LogP contribution in [0.4, 0.5) is 5.69 Å². The fourth-order valence-corrected chi connectivity index (χ4v) is 3.30. The number of primary amides is 1. The summed E-state index contributed by atoms with van der Waals surface area (Å²) in [4.78, 5) is 13.9. The topological polar surface area (TPSA) is 72.3 Å². The summed E-state index contributed by atoms with van der Waals surface area (Å²) in [5, 5.41) is 0.418. The van der Waals surface area contributed by atoms with Crippen LogP contribution in [0, 0.1) is 0 Å². The van der Waals surface area contributed by atoms with Crippen LogP contribution in [0.15, 0.2) is 18.2 Å². The zero-order chi connectivity index (χ0) is 14.7.